The summed E-state index contributed by atoms with van der Waals surface area (Å²) in [5.41, 5.74) is 1.31. The first kappa shape index (κ1) is 16.0. The minimum absolute atomic E-state index is 0.0934. The van der Waals surface area contributed by atoms with E-state index in [2.05, 4.69) is 30.2 Å². The third-order valence-electron chi connectivity index (χ3n) is 3.41. The third kappa shape index (κ3) is 3.05. The molecular weight excluding hydrogens is 357 g/mol. The van der Waals surface area contributed by atoms with Crippen LogP contribution >= 0.6 is 11.3 Å². The van der Waals surface area contributed by atoms with E-state index in [1.807, 2.05) is 0 Å². The van der Waals surface area contributed by atoms with Crippen molar-refractivity contribution in [2.45, 2.75) is 0 Å². The van der Waals surface area contributed by atoms with Crippen molar-refractivity contribution >= 4 is 22.4 Å². The Morgan fingerprint density at radius 2 is 2.00 bits per heavy atom. The number of halogens is 1. The summed E-state index contributed by atoms with van der Waals surface area (Å²) in [7, 11) is 0. The predicted octanol–water partition coefficient (Wildman–Crippen LogP) is 2.57. The highest BCUT2D eigenvalue weighted by Crippen LogP contribution is 2.28. The number of thiazole rings is 1. The van der Waals surface area contributed by atoms with Crippen LogP contribution < -0.4 is 5.32 Å². The molecule has 0 spiro atoms. The van der Waals surface area contributed by atoms with Gasteiger partial charge in [-0.1, -0.05) is 17.4 Å². The molecule has 0 fully saturated rings. The molecule has 4 rings (SSSR count). The molecule has 10 heteroatoms. The molecule has 0 aliphatic rings. The number of pyridine rings is 1. The highest BCUT2D eigenvalue weighted by Gasteiger charge is 2.18. The molecule has 4 heterocycles. The Kier molecular flexibility index (Phi) is 4.15. The van der Waals surface area contributed by atoms with E-state index in [9.17, 15) is 9.18 Å². The first-order valence-electron chi connectivity index (χ1n) is 7.39. The van der Waals surface area contributed by atoms with Crippen LogP contribution in [0.4, 0.5) is 9.52 Å². The quantitative estimate of drug-likeness (QED) is 0.595. The van der Waals surface area contributed by atoms with Crippen molar-refractivity contribution in [1.29, 1.82) is 0 Å². The summed E-state index contributed by atoms with van der Waals surface area (Å²) in [6.07, 6.45) is 8.90. The molecule has 0 aromatic carbocycles. The number of hydrogen-bond acceptors (Lipinski definition) is 7. The fourth-order valence-electron chi connectivity index (χ4n) is 2.26. The topological polar surface area (TPSA) is 98.5 Å². The highest BCUT2D eigenvalue weighted by atomic mass is 32.1. The van der Waals surface area contributed by atoms with Gasteiger partial charge >= 0.3 is 0 Å². The molecule has 1 amide bonds. The van der Waals surface area contributed by atoms with Crippen LogP contribution in [0.15, 0.2) is 55.6 Å². The number of carbonyl (C=O) groups excluding carboxylic acids is 1. The largest absolute Gasteiger partial charge is 0.296 e. The van der Waals surface area contributed by atoms with Gasteiger partial charge in [-0.15, -0.1) is 0 Å². The molecule has 0 atom stereocenters. The Labute approximate surface area is 150 Å². The lowest BCUT2D eigenvalue weighted by Crippen LogP contribution is -2.16. The van der Waals surface area contributed by atoms with Gasteiger partial charge in [0.25, 0.3) is 5.91 Å². The summed E-state index contributed by atoms with van der Waals surface area (Å²) < 4.78 is 15.7. The lowest BCUT2D eigenvalue weighted by molar-refractivity contribution is 0.102. The van der Waals surface area contributed by atoms with Crippen LogP contribution in [0, 0.1) is 5.13 Å². The summed E-state index contributed by atoms with van der Waals surface area (Å²) in [4.78, 5) is 32.5. The normalized spacial score (nSPS) is 10.7. The minimum atomic E-state index is -0.524. The van der Waals surface area contributed by atoms with Crippen molar-refractivity contribution in [3.05, 3.63) is 66.5 Å². The van der Waals surface area contributed by atoms with Gasteiger partial charge in [-0.3, -0.25) is 19.7 Å². The van der Waals surface area contributed by atoms with Crippen molar-refractivity contribution < 1.29 is 9.18 Å². The maximum atomic E-state index is 14.2. The van der Waals surface area contributed by atoms with Crippen molar-refractivity contribution in [1.82, 2.24) is 29.5 Å². The summed E-state index contributed by atoms with van der Waals surface area (Å²) >= 11 is 0.732. The molecule has 128 valence electrons. The number of amides is 1. The molecule has 0 radical (unpaired) electrons. The Morgan fingerprint density at radius 1 is 1.15 bits per heavy atom. The summed E-state index contributed by atoms with van der Waals surface area (Å²) in [6.45, 7) is 0. The summed E-state index contributed by atoms with van der Waals surface area (Å²) in [5.74, 6) is -0.479. The number of nitrogens with zero attached hydrogens (tertiary/aromatic N) is 6. The van der Waals surface area contributed by atoms with Crippen molar-refractivity contribution in [3.8, 4) is 17.1 Å². The average molecular weight is 367 g/mol. The summed E-state index contributed by atoms with van der Waals surface area (Å²) in [5, 5.41) is 2.19. The molecule has 4 aromatic rings. The first-order valence-corrected chi connectivity index (χ1v) is 8.21. The smallest absolute Gasteiger partial charge is 0.276 e. The number of anilines is 1. The van der Waals surface area contributed by atoms with E-state index < -0.39 is 11.0 Å². The second-order valence-corrected chi connectivity index (χ2v) is 6.01. The predicted molar refractivity (Wildman–Crippen MR) is 92.4 cm³/mol. The van der Waals surface area contributed by atoms with Crippen LogP contribution in [0.2, 0.25) is 0 Å². The van der Waals surface area contributed by atoms with E-state index in [0.717, 1.165) is 11.3 Å². The second-order valence-electron chi connectivity index (χ2n) is 5.06. The third-order valence-corrected chi connectivity index (χ3v) is 4.17. The second kappa shape index (κ2) is 6.76. The van der Waals surface area contributed by atoms with Crippen LogP contribution in [0.5, 0.6) is 0 Å². The zero-order chi connectivity index (χ0) is 17.9. The minimum Gasteiger partial charge on any atom is -0.296 e. The molecular formula is C16H10FN7OS. The number of imidazole rings is 1. The highest BCUT2D eigenvalue weighted by molar-refractivity contribution is 7.14. The molecule has 8 nitrogen and oxygen atoms in total. The van der Waals surface area contributed by atoms with Crippen LogP contribution in [0.3, 0.4) is 0 Å². The fraction of sp³-hybridized carbons (Fsp3) is 0. The number of carbonyl (C=O) groups is 1. The van der Waals surface area contributed by atoms with Crippen molar-refractivity contribution in [2.24, 2.45) is 0 Å². The Hall–Kier alpha value is -3.53. The number of rotatable bonds is 4. The Bertz CT molecular complexity index is 1050. The lowest BCUT2D eigenvalue weighted by atomic mass is 10.3. The zero-order valence-corrected chi connectivity index (χ0v) is 13.9. The van der Waals surface area contributed by atoms with Crippen molar-refractivity contribution in [2.75, 3.05) is 5.32 Å². The van der Waals surface area contributed by atoms with Gasteiger partial charge in [0.15, 0.2) is 5.13 Å². The van der Waals surface area contributed by atoms with Crippen LogP contribution in [-0.4, -0.2) is 35.4 Å². The number of hydrogen-bond donors (Lipinski definition) is 1. The molecule has 4 aromatic heterocycles. The standard InChI is InChI=1S/C16H10FN7OS/c17-14-13(11-3-1-2-4-21-11)22-16(26-14)23-15(25)12-7-20-9-24(12)10-5-18-8-19-6-10/h1-9H,(H,22,23,25). The van der Waals surface area contributed by atoms with Crippen LogP contribution in [0.1, 0.15) is 10.5 Å². The molecule has 0 aliphatic heterocycles. The number of aromatic nitrogens is 6. The SMILES string of the molecule is O=C(Nc1nc(-c2ccccn2)c(F)s1)c1cncn1-c1cncnc1. The lowest BCUT2D eigenvalue weighted by Gasteiger charge is -2.06. The molecule has 0 aliphatic carbocycles. The van der Waals surface area contributed by atoms with E-state index in [-0.39, 0.29) is 16.5 Å². The molecule has 0 bridgehead atoms. The van der Waals surface area contributed by atoms with Crippen molar-refractivity contribution in [3.63, 3.8) is 0 Å². The molecule has 1 N–H and O–H groups in total. The monoisotopic (exact) mass is 367 g/mol. The maximum absolute atomic E-state index is 14.2. The number of nitrogens with one attached hydrogen (secondary N) is 1. The molecule has 0 unspecified atom stereocenters. The Morgan fingerprint density at radius 3 is 2.77 bits per heavy atom. The van der Waals surface area contributed by atoms with E-state index >= 15 is 0 Å². The van der Waals surface area contributed by atoms with E-state index in [1.54, 1.807) is 36.8 Å². The van der Waals surface area contributed by atoms with Gasteiger partial charge in [-0.25, -0.2) is 19.9 Å². The van der Waals surface area contributed by atoms with Crippen LogP contribution in [0.25, 0.3) is 17.1 Å². The van der Waals surface area contributed by atoms with Gasteiger partial charge in [-0.2, -0.15) is 4.39 Å². The van der Waals surface area contributed by atoms with Gasteiger partial charge in [-0.05, 0) is 12.1 Å². The van der Waals surface area contributed by atoms with Gasteiger partial charge < -0.3 is 0 Å². The zero-order valence-electron chi connectivity index (χ0n) is 13.1. The molecule has 0 saturated carbocycles. The van der Waals surface area contributed by atoms with Gasteiger partial charge in [0.1, 0.15) is 17.7 Å². The van der Waals surface area contributed by atoms with E-state index in [0.29, 0.717) is 11.4 Å². The van der Waals surface area contributed by atoms with Gasteiger partial charge in [0.2, 0.25) is 5.13 Å². The first-order chi connectivity index (χ1) is 12.7. The van der Waals surface area contributed by atoms with Gasteiger partial charge in [0, 0.05) is 6.20 Å². The van der Waals surface area contributed by atoms with Gasteiger partial charge in [0.05, 0.1) is 36.3 Å². The van der Waals surface area contributed by atoms with E-state index in [1.165, 1.54) is 23.4 Å². The fourth-order valence-corrected chi connectivity index (χ4v) is 2.96. The Balaban J connectivity index is 1.60. The molecule has 26 heavy (non-hydrogen) atoms. The van der Waals surface area contributed by atoms with Crippen LogP contribution in [-0.2, 0) is 0 Å². The van der Waals surface area contributed by atoms with E-state index in [4.69, 9.17) is 0 Å². The average Bonchev–Trinajstić information content (AvgIpc) is 3.30. The summed E-state index contributed by atoms with van der Waals surface area (Å²) in [6, 6.07) is 5.11. The molecule has 0 saturated heterocycles. The maximum Gasteiger partial charge on any atom is 0.276 e.